The number of benzene rings is 1. The van der Waals surface area contributed by atoms with E-state index < -0.39 is 0 Å². The highest BCUT2D eigenvalue weighted by atomic mass is 32.1. The standard InChI is InChI=1S/C19H28N4O2S/c1-13(2)18-23-15(12-26-18)11-22-19(20-4)21-10-14(3)25-17-8-6-7-16(9-17)24-5/h6-9,12-14H,10-11H2,1-5H3,(H2,20,21,22). The molecule has 2 aromatic rings. The summed E-state index contributed by atoms with van der Waals surface area (Å²) in [6, 6.07) is 7.59. The molecule has 0 bridgehead atoms. The first-order valence-corrected chi connectivity index (χ1v) is 9.59. The first-order valence-electron chi connectivity index (χ1n) is 8.71. The minimum absolute atomic E-state index is 0.0209. The third-order valence-corrected chi connectivity index (χ3v) is 4.85. The molecule has 0 aliphatic carbocycles. The van der Waals surface area contributed by atoms with E-state index in [1.54, 1.807) is 25.5 Å². The second-order valence-corrected chi connectivity index (χ2v) is 7.14. The zero-order valence-electron chi connectivity index (χ0n) is 16.1. The fourth-order valence-electron chi connectivity index (χ4n) is 2.25. The van der Waals surface area contributed by atoms with Crippen LogP contribution in [0.15, 0.2) is 34.6 Å². The van der Waals surface area contributed by atoms with Crippen LogP contribution in [0.25, 0.3) is 0 Å². The summed E-state index contributed by atoms with van der Waals surface area (Å²) in [4.78, 5) is 8.87. The summed E-state index contributed by atoms with van der Waals surface area (Å²) in [5, 5.41) is 9.80. The zero-order chi connectivity index (χ0) is 18.9. The number of rotatable bonds is 8. The molecule has 0 fully saturated rings. The molecule has 0 spiro atoms. The topological polar surface area (TPSA) is 67.8 Å². The molecule has 26 heavy (non-hydrogen) atoms. The van der Waals surface area contributed by atoms with E-state index in [1.165, 1.54) is 0 Å². The van der Waals surface area contributed by atoms with E-state index in [1.807, 2.05) is 31.2 Å². The third-order valence-electron chi connectivity index (χ3n) is 3.66. The predicted molar refractivity (Wildman–Crippen MR) is 107 cm³/mol. The van der Waals surface area contributed by atoms with Crippen LogP contribution < -0.4 is 20.1 Å². The summed E-state index contributed by atoms with van der Waals surface area (Å²) in [7, 11) is 3.40. The lowest BCUT2D eigenvalue weighted by Gasteiger charge is -2.18. The minimum atomic E-state index is -0.0209. The van der Waals surface area contributed by atoms with Crippen LogP contribution >= 0.6 is 11.3 Å². The monoisotopic (exact) mass is 376 g/mol. The van der Waals surface area contributed by atoms with Crippen LogP contribution in [0.3, 0.4) is 0 Å². The fourth-order valence-corrected chi connectivity index (χ4v) is 3.09. The van der Waals surface area contributed by atoms with Crippen molar-refractivity contribution in [1.82, 2.24) is 15.6 Å². The lowest BCUT2D eigenvalue weighted by Crippen LogP contribution is -2.41. The number of hydrogen-bond donors (Lipinski definition) is 2. The summed E-state index contributed by atoms with van der Waals surface area (Å²) >= 11 is 1.70. The number of guanidine groups is 1. The van der Waals surface area contributed by atoms with Gasteiger partial charge in [-0.1, -0.05) is 19.9 Å². The third kappa shape index (κ3) is 6.22. The van der Waals surface area contributed by atoms with Crippen LogP contribution in [0.5, 0.6) is 11.5 Å². The van der Waals surface area contributed by atoms with Crippen LogP contribution in [0.2, 0.25) is 0 Å². The summed E-state index contributed by atoms with van der Waals surface area (Å²) in [6.45, 7) is 7.59. The van der Waals surface area contributed by atoms with Gasteiger partial charge in [0.25, 0.3) is 0 Å². The summed E-state index contributed by atoms with van der Waals surface area (Å²) in [5.41, 5.74) is 1.03. The van der Waals surface area contributed by atoms with Gasteiger partial charge in [-0.25, -0.2) is 4.98 Å². The van der Waals surface area contributed by atoms with Gasteiger partial charge < -0.3 is 20.1 Å². The molecule has 1 atom stereocenters. The Labute approximate surface area is 159 Å². The first kappa shape index (κ1) is 20.0. The average molecular weight is 377 g/mol. The van der Waals surface area contributed by atoms with Gasteiger partial charge in [0.2, 0.25) is 0 Å². The second kappa shape index (κ2) is 10.0. The van der Waals surface area contributed by atoms with E-state index in [0.29, 0.717) is 19.0 Å². The molecule has 0 aliphatic heterocycles. The van der Waals surface area contributed by atoms with Gasteiger partial charge in [-0.15, -0.1) is 11.3 Å². The number of nitrogens with one attached hydrogen (secondary N) is 2. The van der Waals surface area contributed by atoms with Gasteiger partial charge in [0.05, 0.1) is 30.9 Å². The molecule has 6 nitrogen and oxygen atoms in total. The second-order valence-electron chi connectivity index (χ2n) is 6.25. The van der Waals surface area contributed by atoms with Gasteiger partial charge in [-0.3, -0.25) is 4.99 Å². The maximum atomic E-state index is 5.91. The van der Waals surface area contributed by atoms with Crippen molar-refractivity contribution in [3.63, 3.8) is 0 Å². The Morgan fingerprint density at radius 3 is 2.65 bits per heavy atom. The molecule has 142 valence electrons. The SMILES string of the molecule is CN=C(NCc1csc(C(C)C)n1)NCC(C)Oc1cccc(OC)c1. The molecule has 0 amide bonds. The van der Waals surface area contributed by atoms with E-state index in [4.69, 9.17) is 9.47 Å². The maximum absolute atomic E-state index is 5.91. The lowest BCUT2D eigenvalue weighted by molar-refractivity contribution is 0.223. The summed E-state index contributed by atoms with van der Waals surface area (Å²) in [5.74, 6) is 2.75. The molecule has 0 aliphatic rings. The highest BCUT2D eigenvalue weighted by Gasteiger charge is 2.08. The Morgan fingerprint density at radius 2 is 2.00 bits per heavy atom. The molecular weight excluding hydrogens is 348 g/mol. The van der Waals surface area contributed by atoms with Crippen LogP contribution in [0, 0.1) is 0 Å². The van der Waals surface area contributed by atoms with Crippen molar-refractivity contribution in [1.29, 1.82) is 0 Å². The smallest absolute Gasteiger partial charge is 0.191 e. The van der Waals surface area contributed by atoms with Crippen molar-refractivity contribution in [2.24, 2.45) is 4.99 Å². The number of methoxy groups -OCH3 is 1. The number of ether oxygens (including phenoxy) is 2. The van der Waals surface area contributed by atoms with Gasteiger partial charge >= 0.3 is 0 Å². The predicted octanol–water partition coefficient (Wildman–Crippen LogP) is 3.41. The van der Waals surface area contributed by atoms with E-state index in [2.05, 4.69) is 39.8 Å². The van der Waals surface area contributed by atoms with E-state index in [0.717, 1.165) is 28.2 Å². The summed E-state index contributed by atoms with van der Waals surface area (Å²) < 4.78 is 11.1. The first-order chi connectivity index (χ1) is 12.5. The van der Waals surface area contributed by atoms with Gasteiger partial charge in [-0.05, 0) is 19.1 Å². The average Bonchev–Trinajstić information content (AvgIpc) is 3.11. The number of aromatic nitrogens is 1. The van der Waals surface area contributed by atoms with Crippen molar-refractivity contribution in [3.05, 3.63) is 40.3 Å². The Balaban J connectivity index is 1.78. The zero-order valence-corrected chi connectivity index (χ0v) is 16.9. The van der Waals surface area contributed by atoms with Crippen LogP contribution in [-0.2, 0) is 6.54 Å². The van der Waals surface area contributed by atoms with Crippen LogP contribution in [-0.4, -0.2) is 37.7 Å². The Morgan fingerprint density at radius 1 is 1.23 bits per heavy atom. The maximum Gasteiger partial charge on any atom is 0.191 e. The molecule has 1 unspecified atom stereocenters. The van der Waals surface area contributed by atoms with Gasteiger partial charge in [0.1, 0.15) is 17.6 Å². The highest BCUT2D eigenvalue weighted by molar-refractivity contribution is 7.09. The molecule has 0 saturated carbocycles. The van der Waals surface area contributed by atoms with E-state index in [-0.39, 0.29) is 6.10 Å². The van der Waals surface area contributed by atoms with Crippen LogP contribution in [0.4, 0.5) is 0 Å². The minimum Gasteiger partial charge on any atom is -0.497 e. The summed E-state index contributed by atoms with van der Waals surface area (Å²) in [6.07, 6.45) is -0.0209. The van der Waals surface area contributed by atoms with Gasteiger partial charge in [-0.2, -0.15) is 0 Å². The largest absolute Gasteiger partial charge is 0.497 e. The number of thiazole rings is 1. The number of hydrogen-bond acceptors (Lipinski definition) is 5. The molecule has 0 radical (unpaired) electrons. The van der Waals surface area contributed by atoms with Crippen molar-refractivity contribution < 1.29 is 9.47 Å². The molecule has 1 aromatic carbocycles. The fraction of sp³-hybridized carbons (Fsp3) is 0.474. The molecule has 0 saturated heterocycles. The molecule has 7 heteroatoms. The van der Waals surface area contributed by atoms with Crippen molar-refractivity contribution in [2.45, 2.75) is 39.3 Å². The van der Waals surface area contributed by atoms with Crippen molar-refractivity contribution >= 4 is 17.3 Å². The quantitative estimate of drug-likeness (QED) is 0.546. The van der Waals surface area contributed by atoms with Crippen LogP contribution in [0.1, 0.15) is 37.4 Å². The van der Waals surface area contributed by atoms with Gasteiger partial charge in [0, 0.05) is 24.4 Å². The van der Waals surface area contributed by atoms with Crippen molar-refractivity contribution in [3.8, 4) is 11.5 Å². The number of aliphatic imine (C=N–C) groups is 1. The Bertz CT molecular complexity index is 715. The normalized spacial score (nSPS) is 12.8. The Kier molecular flexibility index (Phi) is 7.72. The highest BCUT2D eigenvalue weighted by Crippen LogP contribution is 2.20. The van der Waals surface area contributed by atoms with E-state index >= 15 is 0 Å². The Hall–Kier alpha value is -2.28. The molecular formula is C19H28N4O2S. The van der Waals surface area contributed by atoms with E-state index in [9.17, 15) is 0 Å². The number of nitrogens with zero attached hydrogens (tertiary/aromatic N) is 2. The van der Waals surface area contributed by atoms with Gasteiger partial charge in [0.15, 0.2) is 5.96 Å². The molecule has 1 aromatic heterocycles. The molecule has 1 heterocycles. The lowest BCUT2D eigenvalue weighted by atomic mass is 10.2. The molecule has 2 rings (SSSR count). The molecule has 2 N–H and O–H groups in total. The van der Waals surface area contributed by atoms with Crippen molar-refractivity contribution in [2.75, 3.05) is 20.7 Å².